The van der Waals surface area contributed by atoms with Crippen LogP contribution in [0.1, 0.15) is 25.7 Å². The first-order valence-corrected chi connectivity index (χ1v) is 7.88. The second-order valence-electron chi connectivity index (χ2n) is 5.16. The van der Waals surface area contributed by atoms with Gasteiger partial charge in [-0.3, -0.25) is 4.79 Å². The van der Waals surface area contributed by atoms with Gasteiger partial charge in [-0.2, -0.15) is 0 Å². The van der Waals surface area contributed by atoms with Gasteiger partial charge in [0.15, 0.2) is 11.0 Å². The van der Waals surface area contributed by atoms with E-state index in [4.69, 9.17) is 0 Å². The molecule has 21 heavy (non-hydrogen) atoms. The molecule has 0 radical (unpaired) electrons. The summed E-state index contributed by atoms with van der Waals surface area (Å²) in [7, 11) is 1.80. The molecule has 1 aromatic heterocycles. The Hall–Kier alpha value is -1.69. The molecule has 0 saturated heterocycles. The molecule has 1 aliphatic rings. The third-order valence-corrected chi connectivity index (χ3v) is 5.05. The Bertz CT molecular complexity index is 671. The molecule has 0 bridgehead atoms. The molecule has 1 aliphatic carbocycles. The van der Waals surface area contributed by atoms with Gasteiger partial charge in [-0.05, 0) is 25.0 Å². The lowest BCUT2D eigenvalue weighted by molar-refractivity contribution is -0.119. The van der Waals surface area contributed by atoms with Gasteiger partial charge >= 0.3 is 0 Å². The van der Waals surface area contributed by atoms with Crippen LogP contribution in [0.3, 0.4) is 0 Å². The zero-order valence-corrected chi connectivity index (χ0v) is 12.6. The Balaban J connectivity index is 1.86. The molecule has 1 heterocycles. The van der Waals surface area contributed by atoms with Crippen molar-refractivity contribution in [2.45, 2.75) is 36.1 Å². The fourth-order valence-electron chi connectivity index (χ4n) is 2.50. The number of hydrogen-bond acceptors (Lipinski definition) is 4. The number of rotatable bonds is 3. The molecule has 0 spiro atoms. The van der Waals surface area contributed by atoms with Crippen LogP contribution in [0, 0.1) is 5.82 Å². The van der Waals surface area contributed by atoms with Crippen LogP contribution >= 0.6 is 11.8 Å². The first-order valence-electron chi connectivity index (χ1n) is 7.00. The van der Waals surface area contributed by atoms with E-state index in [9.17, 15) is 9.18 Å². The van der Waals surface area contributed by atoms with Gasteiger partial charge < -0.3 is 4.57 Å². The maximum Gasteiger partial charge on any atom is 0.191 e. The number of carbonyl (C=O) groups is 1. The summed E-state index contributed by atoms with van der Waals surface area (Å²) in [6.45, 7) is 0. The number of hydrogen-bond donors (Lipinski definition) is 0. The fourth-order valence-corrected chi connectivity index (χ4v) is 3.62. The van der Waals surface area contributed by atoms with Crippen LogP contribution in [-0.4, -0.2) is 25.8 Å². The van der Waals surface area contributed by atoms with Crippen LogP contribution in [0.2, 0.25) is 0 Å². The Kier molecular flexibility index (Phi) is 4.05. The van der Waals surface area contributed by atoms with Crippen LogP contribution < -0.4 is 0 Å². The van der Waals surface area contributed by atoms with E-state index in [0.29, 0.717) is 23.0 Å². The van der Waals surface area contributed by atoms with E-state index in [1.54, 1.807) is 29.8 Å². The van der Waals surface area contributed by atoms with Gasteiger partial charge in [-0.15, -0.1) is 10.2 Å². The monoisotopic (exact) mass is 305 g/mol. The highest BCUT2D eigenvalue weighted by atomic mass is 32.2. The molecule has 110 valence electrons. The van der Waals surface area contributed by atoms with Gasteiger partial charge in [0.05, 0.1) is 10.8 Å². The minimum absolute atomic E-state index is 0.0462. The van der Waals surface area contributed by atoms with Crippen molar-refractivity contribution < 1.29 is 9.18 Å². The highest BCUT2D eigenvalue weighted by Crippen LogP contribution is 2.32. The van der Waals surface area contributed by atoms with Crippen LogP contribution in [0.25, 0.3) is 11.4 Å². The average Bonchev–Trinajstić information content (AvgIpc) is 2.83. The lowest BCUT2D eigenvalue weighted by Gasteiger charge is -2.19. The summed E-state index contributed by atoms with van der Waals surface area (Å²) in [5.41, 5.74) is 0.425. The van der Waals surface area contributed by atoms with E-state index >= 15 is 0 Å². The SMILES string of the molecule is Cn1c(S[C@@H]2CCCCC2=O)nnc1-c1ccccc1F. The predicted molar refractivity (Wildman–Crippen MR) is 79.5 cm³/mol. The number of carbonyl (C=O) groups excluding carboxylic acids is 1. The van der Waals surface area contributed by atoms with E-state index in [1.807, 2.05) is 0 Å². The summed E-state index contributed by atoms with van der Waals surface area (Å²) in [6.07, 6.45) is 3.58. The summed E-state index contributed by atoms with van der Waals surface area (Å²) < 4.78 is 15.6. The largest absolute Gasteiger partial charge is 0.305 e. The van der Waals surface area contributed by atoms with Crippen molar-refractivity contribution in [3.63, 3.8) is 0 Å². The summed E-state index contributed by atoms with van der Waals surface area (Å²) in [5, 5.41) is 8.81. The maximum atomic E-state index is 13.8. The lowest BCUT2D eigenvalue weighted by Crippen LogP contribution is -2.21. The molecule has 0 aliphatic heterocycles. The van der Waals surface area contributed by atoms with Crippen molar-refractivity contribution >= 4 is 17.5 Å². The van der Waals surface area contributed by atoms with Crippen molar-refractivity contribution in [2.24, 2.45) is 7.05 Å². The number of benzene rings is 1. The second-order valence-corrected chi connectivity index (χ2v) is 6.33. The number of ketones is 1. The van der Waals surface area contributed by atoms with E-state index in [0.717, 1.165) is 19.3 Å². The van der Waals surface area contributed by atoms with Gasteiger partial charge in [0.2, 0.25) is 0 Å². The van der Waals surface area contributed by atoms with Gasteiger partial charge in [-0.25, -0.2) is 4.39 Å². The van der Waals surface area contributed by atoms with Crippen molar-refractivity contribution in [2.75, 3.05) is 0 Å². The highest BCUT2D eigenvalue weighted by Gasteiger charge is 2.26. The average molecular weight is 305 g/mol. The third-order valence-electron chi connectivity index (χ3n) is 3.70. The van der Waals surface area contributed by atoms with E-state index in [1.165, 1.54) is 17.8 Å². The molecule has 4 nitrogen and oxygen atoms in total. The van der Waals surface area contributed by atoms with Crippen molar-refractivity contribution in [1.82, 2.24) is 14.8 Å². The zero-order valence-electron chi connectivity index (χ0n) is 11.8. The molecule has 1 aromatic carbocycles. The van der Waals surface area contributed by atoms with E-state index < -0.39 is 0 Å². The predicted octanol–water partition coefficient (Wildman–Crippen LogP) is 3.23. The highest BCUT2D eigenvalue weighted by molar-refractivity contribution is 8.00. The number of Topliss-reactive ketones (excluding diaryl/α,β-unsaturated/α-hetero) is 1. The summed E-state index contributed by atoms with van der Waals surface area (Å²) in [5.74, 6) is 0.443. The molecule has 1 fully saturated rings. The van der Waals surface area contributed by atoms with E-state index in [2.05, 4.69) is 10.2 Å². The van der Waals surface area contributed by atoms with Crippen LogP contribution in [-0.2, 0) is 11.8 Å². The van der Waals surface area contributed by atoms with Gasteiger partial charge in [0.1, 0.15) is 11.6 Å². The molecule has 1 atom stereocenters. The summed E-state index contributed by atoms with van der Waals surface area (Å²) in [6, 6.07) is 6.50. The molecule has 6 heteroatoms. The quantitative estimate of drug-likeness (QED) is 0.873. The van der Waals surface area contributed by atoms with Crippen LogP contribution in [0.15, 0.2) is 29.4 Å². The lowest BCUT2D eigenvalue weighted by atomic mass is 9.99. The first kappa shape index (κ1) is 14.3. The molecular weight excluding hydrogens is 289 g/mol. The minimum atomic E-state index is -0.321. The Morgan fingerprint density at radius 1 is 1.29 bits per heavy atom. The Labute approximate surface area is 126 Å². The van der Waals surface area contributed by atoms with Crippen LogP contribution in [0.4, 0.5) is 4.39 Å². The number of aromatic nitrogens is 3. The summed E-state index contributed by atoms with van der Waals surface area (Å²) in [4.78, 5) is 11.9. The van der Waals surface area contributed by atoms with Crippen molar-refractivity contribution in [3.05, 3.63) is 30.1 Å². The fraction of sp³-hybridized carbons (Fsp3) is 0.400. The first-order chi connectivity index (χ1) is 10.2. The third kappa shape index (κ3) is 2.85. The second kappa shape index (κ2) is 5.97. The van der Waals surface area contributed by atoms with Gasteiger partial charge in [0, 0.05) is 13.5 Å². The minimum Gasteiger partial charge on any atom is -0.305 e. The molecule has 1 saturated carbocycles. The smallest absolute Gasteiger partial charge is 0.191 e. The zero-order chi connectivity index (χ0) is 14.8. The molecule has 0 unspecified atom stereocenters. The standard InChI is InChI=1S/C15H16FN3OS/c1-19-14(10-6-2-3-7-11(10)16)17-18-15(19)21-13-9-5-4-8-12(13)20/h2-3,6-7,13H,4-5,8-9H2,1H3/t13-/m1/s1. The Morgan fingerprint density at radius 2 is 2.10 bits per heavy atom. The van der Waals surface area contributed by atoms with Gasteiger partial charge in [-0.1, -0.05) is 30.3 Å². The van der Waals surface area contributed by atoms with Crippen molar-refractivity contribution in [3.8, 4) is 11.4 Å². The van der Waals surface area contributed by atoms with E-state index in [-0.39, 0.29) is 16.9 Å². The topological polar surface area (TPSA) is 47.8 Å². The number of thioether (sulfide) groups is 1. The normalized spacial score (nSPS) is 19.0. The van der Waals surface area contributed by atoms with Crippen molar-refractivity contribution in [1.29, 1.82) is 0 Å². The number of halogens is 1. The number of nitrogens with zero attached hydrogens (tertiary/aromatic N) is 3. The molecular formula is C15H16FN3OS. The molecule has 3 rings (SSSR count). The Morgan fingerprint density at radius 3 is 2.86 bits per heavy atom. The summed E-state index contributed by atoms with van der Waals surface area (Å²) >= 11 is 1.44. The molecule has 0 N–H and O–H groups in total. The molecule has 2 aromatic rings. The van der Waals surface area contributed by atoms with Crippen LogP contribution in [0.5, 0.6) is 0 Å². The van der Waals surface area contributed by atoms with Gasteiger partial charge in [0.25, 0.3) is 0 Å². The maximum absolute atomic E-state index is 13.8. The molecule has 0 amide bonds.